The number of ether oxygens (including phenoxy) is 3. The first kappa shape index (κ1) is 20.5. The smallest absolute Gasteiger partial charge is 0.237 e. The highest BCUT2D eigenvalue weighted by molar-refractivity contribution is 5.78. The van der Waals surface area contributed by atoms with E-state index < -0.39 is 0 Å². The van der Waals surface area contributed by atoms with Gasteiger partial charge in [0.05, 0.1) is 27.4 Å². The molecule has 0 N–H and O–H groups in total. The average Bonchev–Trinajstić information content (AvgIpc) is 2.77. The highest BCUT2D eigenvalue weighted by atomic mass is 16.5. The molecule has 4 rings (SSSR count). The van der Waals surface area contributed by atoms with Gasteiger partial charge < -0.3 is 19.1 Å². The van der Waals surface area contributed by atoms with Crippen molar-refractivity contribution in [1.82, 2.24) is 9.80 Å². The molecule has 0 unspecified atom stereocenters. The zero-order valence-corrected chi connectivity index (χ0v) is 18.1. The molecular formula is C24H30N2O4. The van der Waals surface area contributed by atoms with Crippen molar-refractivity contribution in [2.45, 2.75) is 32.9 Å². The lowest BCUT2D eigenvalue weighted by Crippen LogP contribution is -2.44. The molecule has 2 aromatic rings. The van der Waals surface area contributed by atoms with E-state index in [1.54, 1.807) is 14.2 Å². The third kappa shape index (κ3) is 4.24. The summed E-state index contributed by atoms with van der Waals surface area (Å²) in [6, 6.07) is 10.3. The van der Waals surface area contributed by atoms with Gasteiger partial charge in [-0.15, -0.1) is 0 Å². The number of carbonyl (C=O) groups is 1. The van der Waals surface area contributed by atoms with Crippen molar-refractivity contribution >= 4 is 5.91 Å². The van der Waals surface area contributed by atoms with Crippen LogP contribution in [-0.4, -0.2) is 56.2 Å². The van der Waals surface area contributed by atoms with Gasteiger partial charge in [-0.3, -0.25) is 9.69 Å². The molecule has 160 valence electrons. The molecule has 2 aliphatic heterocycles. The molecule has 0 saturated heterocycles. The van der Waals surface area contributed by atoms with Gasteiger partial charge in [-0.2, -0.15) is 0 Å². The zero-order chi connectivity index (χ0) is 21.1. The predicted octanol–water partition coefficient (Wildman–Crippen LogP) is 3.05. The molecule has 2 aliphatic rings. The first-order valence-corrected chi connectivity index (χ1v) is 10.6. The summed E-state index contributed by atoms with van der Waals surface area (Å²) in [6.45, 7) is 6.15. The Morgan fingerprint density at radius 1 is 0.900 bits per heavy atom. The van der Waals surface area contributed by atoms with Crippen molar-refractivity contribution in [3.05, 3.63) is 52.6 Å². The van der Waals surface area contributed by atoms with Gasteiger partial charge in [0.15, 0.2) is 11.5 Å². The molecule has 2 aromatic carbocycles. The summed E-state index contributed by atoms with van der Waals surface area (Å²) >= 11 is 0. The van der Waals surface area contributed by atoms with Crippen LogP contribution in [0.15, 0.2) is 30.3 Å². The molecular weight excluding hydrogens is 380 g/mol. The normalized spacial score (nSPS) is 15.9. The predicted molar refractivity (Wildman–Crippen MR) is 115 cm³/mol. The number of benzene rings is 2. The second-order valence-electron chi connectivity index (χ2n) is 7.87. The Morgan fingerprint density at radius 3 is 2.33 bits per heavy atom. The minimum Gasteiger partial charge on any atom is -0.494 e. The summed E-state index contributed by atoms with van der Waals surface area (Å²) in [5, 5.41) is 0. The van der Waals surface area contributed by atoms with Crippen LogP contribution in [0.2, 0.25) is 0 Å². The van der Waals surface area contributed by atoms with E-state index in [9.17, 15) is 4.79 Å². The Hall–Kier alpha value is -2.73. The fourth-order valence-corrected chi connectivity index (χ4v) is 4.37. The Kier molecular flexibility index (Phi) is 6.13. The fraction of sp³-hybridized carbons (Fsp3) is 0.458. The van der Waals surface area contributed by atoms with E-state index in [0.29, 0.717) is 25.4 Å². The van der Waals surface area contributed by atoms with Gasteiger partial charge in [-0.25, -0.2) is 0 Å². The van der Waals surface area contributed by atoms with Crippen LogP contribution < -0.4 is 14.2 Å². The minimum atomic E-state index is 0.180. The molecule has 6 nitrogen and oxygen atoms in total. The molecule has 30 heavy (non-hydrogen) atoms. The Morgan fingerprint density at radius 2 is 1.60 bits per heavy atom. The van der Waals surface area contributed by atoms with Crippen LogP contribution in [0.3, 0.4) is 0 Å². The van der Waals surface area contributed by atoms with E-state index in [0.717, 1.165) is 49.5 Å². The summed E-state index contributed by atoms with van der Waals surface area (Å²) in [5.41, 5.74) is 4.99. The lowest BCUT2D eigenvalue weighted by molar-refractivity contribution is -0.133. The van der Waals surface area contributed by atoms with E-state index in [1.165, 1.54) is 16.7 Å². The largest absolute Gasteiger partial charge is 0.494 e. The number of nitrogens with zero attached hydrogens (tertiary/aromatic N) is 2. The summed E-state index contributed by atoms with van der Waals surface area (Å²) < 4.78 is 16.5. The molecule has 0 radical (unpaired) electrons. The second-order valence-corrected chi connectivity index (χ2v) is 7.87. The van der Waals surface area contributed by atoms with Crippen molar-refractivity contribution < 1.29 is 19.0 Å². The molecule has 0 aliphatic carbocycles. The number of hydrogen-bond donors (Lipinski definition) is 0. The number of fused-ring (bicyclic) bond motifs is 2. The topological polar surface area (TPSA) is 51.2 Å². The highest BCUT2D eigenvalue weighted by Crippen LogP contribution is 2.33. The van der Waals surface area contributed by atoms with Gasteiger partial charge in [0.2, 0.25) is 5.91 Å². The number of rotatable bonds is 6. The monoisotopic (exact) mass is 410 g/mol. The summed E-state index contributed by atoms with van der Waals surface area (Å²) in [5.74, 6) is 2.54. The van der Waals surface area contributed by atoms with Gasteiger partial charge in [0, 0.05) is 26.2 Å². The van der Waals surface area contributed by atoms with Crippen LogP contribution in [0.5, 0.6) is 17.2 Å². The van der Waals surface area contributed by atoms with Gasteiger partial charge >= 0.3 is 0 Å². The molecule has 2 heterocycles. The Labute approximate surface area is 178 Å². The first-order chi connectivity index (χ1) is 14.6. The summed E-state index contributed by atoms with van der Waals surface area (Å²) in [4.78, 5) is 17.2. The van der Waals surface area contributed by atoms with Gasteiger partial charge in [-0.1, -0.05) is 6.07 Å². The number of methoxy groups -OCH3 is 2. The lowest BCUT2D eigenvalue weighted by Gasteiger charge is -2.33. The van der Waals surface area contributed by atoms with Crippen LogP contribution in [0.4, 0.5) is 0 Å². The molecule has 0 fully saturated rings. The maximum atomic E-state index is 13.0. The Bertz CT molecular complexity index is 928. The number of hydrogen-bond acceptors (Lipinski definition) is 5. The van der Waals surface area contributed by atoms with E-state index in [-0.39, 0.29) is 5.91 Å². The molecule has 0 aromatic heterocycles. The molecule has 0 atom stereocenters. The van der Waals surface area contributed by atoms with E-state index in [4.69, 9.17) is 14.2 Å². The third-order valence-corrected chi connectivity index (χ3v) is 6.01. The van der Waals surface area contributed by atoms with Crippen molar-refractivity contribution in [2.24, 2.45) is 0 Å². The maximum absolute atomic E-state index is 13.0. The highest BCUT2D eigenvalue weighted by Gasteiger charge is 2.25. The van der Waals surface area contributed by atoms with Crippen molar-refractivity contribution in [3.63, 3.8) is 0 Å². The van der Waals surface area contributed by atoms with Crippen LogP contribution in [0, 0.1) is 0 Å². The van der Waals surface area contributed by atoms with Crippen LogP contribution in [0.1, 0.15) is 29.2 Å². The average molecular weight is 411 g/mol. The number of amides is 1. The van der Waals surface area contributed by atoms with Crippen molar-refractivity contribution in [3.8, 4) is 17.2 Å². The third-order valence-electron chi connectivity index (χ3n) is 6.01. The quantitative estimate of drug-likeness (QED) is 0.733. The van der Waals surface area contributed by atoms with Gasteiger partial charge in [0.1, 0.15) is 5.75 Å². The van der Waals surface area contributed by atoms with E-state index in [1.807, 2.05) is 30.0 Å². The van der Waals surface area contributed by atoms with Crippen LogP contribution in [-0.2, 0) is 30.7 Å². The van der Waals surface area contributed by atoms with E-state index >= 15 is 0 Å². The minimum absolute atomic E-state index is 0.180. The van der Waals surface area contributed by atoms with Gasteiger partial charge in [0.25, 0.3) is 0 Å². The molecule has 0 bridgehead atoms. The molecule has 6 heteroatoms. The molecule has 1 amide bonds. The van der Waals surface area contributed by atoms with E-state index in [2.05, 4.69) is 17.0 Å². The summed E-state index contributed by atoms with van der Waals surface area (Å²) in [6.07, 6.45) is 1.80. The van der Waals surface area contributed by atoms with Crippen molar-refractivity contribution in [2.75, 3.05) is 40.5 Å². The zero-order valence-electron chi connectivity index (χ0n) is 18.1. The van der Waals surface area contributed by atoms with Crippen molar-refractivity contribution in [1.29, 1.82) is 0 Å². The lowest BCUT2D eigenvalue weighted by atomic mass is 9.98. The fourth-order valence-electron chi connectivity index (χ4n) is 4.37. The van der Waals surface area contributed by atoms with Gasteiger partial charge in [-0.05, 0) is 66.3 Å². The first-order valence-electron chi connectivity index (χ1n) is 10.6. The molecule has 0 saturated carbocycles. The van der Waals surface area contributed by atoms with Crippen LogP contribution in [0.25, 0.3) is 0 Å². The molecule has 0 spiro atoms. The SMILES string of the molecule is CCOc1ccc2c(c1)CN(CC(=O)N1CCc3cc(OC)c(OC)cc3C1)CC2. The van der Waals surface area contributed by atoms with Crippen LogP contribution >= 0.6 is 0 Å². The number of carbonyl (C=O) groups excluding carboxylic acids is 1. The summed E-state index contributed by atoms with van der Waals surface area (Å²) in [7, 11) is 3.29. The Balaban J connectivity index is 1.41. The second kappa shape index (κ2) is 8.96. The maximum Gasteiger partial charge on any atom is 0.237 e. The standard InChI is InChI=1S/C24H30N2O4/c1-4-30-21-6-5-17-7-9-25(14-19(17)11-21)16-24(27)26-10-8-18-12-22(28-2)23(29-3)13-20(18)15-26/h5-6,11-13H,4,7-10,14-16H2,1-3H3.